The second-order valence-corrected chi connectivity index (χ2v) is 4.83. The van der Waals surface area contributed by atoms with Gasteiger partial charge in [0, 0.05) is 23.3 Å². The van der Waals surface area contributed by atoms with E-state index in [4.69, 9.17) is 16.3 Å². The lowest BCUT2D eigenvalue weighted by Gasteiger charge is -2.18. The topological polar surface area (TPSA) is 34.1 Å². The highest BCUT2D eigenvalue weighted by Crippen LogP contribution is 2.26. The van der Waals surface area contributed by atoms with Crippen LogP contribution in [0.15, 0.2) is 36.5 Å². The fourth-order valence-electron chi connectivity index (χ4n) is 2.04. The quantitative estimate of drug-likeness (QED) is 0.918. The van der Waals surface area contributed by atoms with Crippen molar-refractivity contribution < 1.29 is 9.13 Å². The SMILES string of the molecule is CNC(Cc1ccc(OC)nc1)c1cc(F)ccc1Cl. The van der Waals surface area contributed by atoms with Crippen LogP contribution < -0.4 is 10.1 Å². The van der Waals surface area contributed by atoms with Crippen molar-refractivity contribution >= 4 is 11.6 Å². The largest absolute Gasteiger partial charge is 0.481 e. The number of ether oxygens (including phenoxy) is 1. The van der Waals surface area contributed by atoms with E-state index in [1.54, 1.807) is 25.4 Å². The number of hydrogen-bond acceptors (Lipinski definition) is 3. The smallest absolute Gasteiger partial charge is 0.212 e. The summed E-state index contributed by atoms with van der Waals surface area (Å²) < 4.78 is 18.4. The molecule has 1 N–H and O–H groups in total. The highest BCUT2D eigenvalue weighted by Gasteiger charge is 2.14. The molecule has 1 heterocycles. The standard InChI is InChI=1S/C15H16ClFN2O/c1-18-14(12-8-11(17)4-5-13(12)16)7-10-3-6-15(20-2)19-9-10/h3-6,8-9,14,18H,7H2,1-2H3. The van der Waals surface area contributed by atoms with Gasteiger partial charge in [-0.1, -0.05) is 17.7 Å². The zero-order chi connectivity index (χ0) is 14.5. The van der Waals surface area contributed by atoms with Crippen molar-refractivity contribution in [2.45, 2.75) is 12.5 Å². The van der Waals surface area contributed by atoms with Crippen molar-refractivity contribution in [1.82, 2.24) is 10.3 Å². The average Bonchev–Trinajstić information content (AvgIpc) is 2.48. The number of benzene rings is 1. The van der Waals surface area contributed by atoms with E-state index >= 15 is 0 Å². The highest BCUT2D eigenvalue weighted by molar-refractivity contribution is 6.31. The summed E-state index contributed by atoms with van der Waals surface area (Å²) in [5, 5.41) is 3.70. The Hall–Kier alpha value is -1.65. The van der Waals surface area contributed by atoms with Crippen LogP contribution in [0.1, 0.15) is 17.2 Å². The molecule has 0 saturated carbocycles. The number of aromatic nitrogens is 1. The first-order valence-electron chi connectivity index (χ1n) is 6.25. The normalized spacial score (nSPS) is 12.2. The molecule has 0 aliphatic rings. The Morgan fingerprint density at radius 1 is 1.35 bits per heavy atom. The lowest BCUT2D eigenvalue weighted by molar-refractivity contribution is 0.397. The Balaban J connectivity index is 2.21. The maximum atomic E-state index is 13.4. The van der Waals surface area contributed by atoms with Gasteiger partial charge in [0.05, 0.1) is 7.11 Å². The van der Waals surface area contributed by atoms with E-state index in [-0.39, 0.29) is 11.9 Å². The van der Waals surface area contributed by atoms with Crippen LogP contribution in [0.2, 0.25) is 5.02 Å². The van der Waals surface area contributed by atoms with Crippen LogP contribution >= 0.6 is 11.6 Å². The lowest BCUT2D eigenvalue weighted by atomic mass is 10.00. The summed E-state index contributed by atoms with van der Waals surface area (Å²) in [6, 6.07) is 8.04. The molecular formula is C15H16ClFN2O. The van der Waals surface area contributed by atoms with Gasteiger partial charge in [0.15, 0.2) is 0 Å². The van der Waals surface area contributed by atoms with E-state index in [1.807, 2.05) is 13.1 Å². The third kappa shape index (κ3) is 3.46. The van der Waals surface area contributed by atoms with Gasteiger partial charge in [0.2, 0.25) is 5.88 Å². The predicted molar refractivity (Wildman–Crippen MR) is 77.7 cm³/mol. The molecule has 1 aromatic heterocycles. The molecule has 0 saturated heterocycles. The number of pyridine rings is 1. The number of rotatable bonds is 5. The maximum absolute atomic E-state index is 13.4. The minimum Gasteiger partial charge on any atom is -0.481 e. The zero-order valence-corrected chi connectivity index (χ0v) is 12.1. The summed E-state index contributed by atoms with van der Waals surface area (Å²) >= 11 is 6.14. The van der Waals surface area contributed by atoms with Crippen molar-refractivity contribution in [3.8, 4) is 5.88 Å². The first kappa shape index (κ1) is 14.8. The molecule has 106 valence electrons. The molecule has 0 radical (unpaired) electrons. The molecule has 2 rings (SSSR count). The molecule has 0 aliphatic heterocycles. The van der Waals surface area contributed by atoms with Crippen molar-refractivity contribution in [3.63, 3.8) is 0 Å². The van der Waals surface area contributed by atoms with E-state index in [9.17, 15) is 4.39 Å². The number of nitrogens with one attached hydrogen (secondary N) is 1. The molecule has 0 spiro atoms. The van der Waals surface area contributed by atoms with E-state index in [0.717, 1.165) is 11.1 Å². The summed E-state index contributed by atoms with van der Waals surface area (Å²) in [4.78, 5) is 4.16. The Labute approximate surface area is 122 Å². The summed E-state index contributed by atoms with van der Waals surface area (Å²) in [7, 11) is 3.40. The van der Waals surface area contributed by atoms with Gasteiger partial charge in [0.1, 0.15) is 5.82 Å². The summed E-state index contributed by atoms with van der Waals surface area (Å²) in [5.74, 6) is 0.274. The van der Waals surface area contributed by atoms with Gasteiger partial charge in [0.25, 0.3) is 0 Å². The number of nitrogens with zero attached hydrogens (tertiary/aromatic N) is 1. The molecule has 20 heavy (non-hydrogen) atoms. The summed E-state index contributed by atoms with van der Waals surface area (Å²) in [5.41, 5.74) is 1.76. The van der Waals surface area contributed by atoms with Crippen LogP contribution in [0.25, 0.3) is 0 Å². The molecule has 2 aromatic rings. The first-order chi connectivity index (χ1) is 9.63. The Kier molecular flexibility index (Phi) is 4.93. The molecule has 0 aliphatic carbocycles. The van der Waals surface area contributed by atoms with Crippen LogP contribution in [0.3, 0.4) is 0 Å². The molecule has 1 atom stereocenters. The van der Waals surface area contributed by atoms with Crippen LogP contribution in [-0.4, -0.2) is 19.1 Å². The van der Waals surface area contributed by atoms with Gasteiger partial charge in [-0.2, -0.15) is 0 Å². The first-order valence-corrected chi connectivity index (χ1v) is 6.63. The second kappa shape index (κ2) is 6.68. The van der Waals surface area contributed by atoms with Gasteiger partial charge >= 0.3 is 0 Å². The number of halogens is 2. The van der Waals surface area contributed by atoms with Crippen LogP contribution in [0.5, 0.6) is 5.88 Å². The fourth-order valence-corrected chi connectivity index (χ4v) is 2.29. The van der Waals surface area contributed by atoms with Gasteiger partial charge in [-0.15, -0.1) is 0 Å². The zero-order valence-electron chi connectivity index (χ0n) is 11.4. The van der Waals surface area contributed by atoms with Gasteiger partial charge in [-0.05, 0) is 42.8 Å². The Morgan fingerprint density at radius 3 is 2.75 bits per heavy atom. The molecule has 1 aromatic carbocycles. The van der Waals surface area contributed by atoms with Crippen molar-refractivity contribution in [3.05, 3.63) is 58.5 Å². The van der Waals surface area contributed by atoms with E-state index in [1.165, 1.54) is 12.1 Å². The molecule has 0 amide bonds. The minimum absolute atomic E-state index is 0.0756. The molecular weight excluding hydrogens is 279 g/mol. The third-order valence-corrected chi connectivity index (χ3v) is 3.47. The minimum atomic E-state index is -0.294. The van der Waals surface area contributed by atoms with Crippen LogP contribution in [-0.2, 0) is 6.42 Å². The molecule has 0 bridgehead atoms. The Morgan fingerprint density at radius 2 is 2.15 bits per heavy atom. The molecule has 3 nitrogen and oxygen atoms in total. The number of hydrogen-bond donors (Lipinski definition) is 1. The van der Waals surface area contributed by atoms with Crippen molar-refractivity contribution in [1.29, 1.82) is 0 Å². The average molecular weight is 295 g/mol. The van der Waals surface area contributed by atoms with Gasteiger partial charge < -0.3 is 10.1 Å². The van der Waals surface area contributed by atoms with E-state index < -0.39 is 0 Å². The highest BCUT2D eigenvalue weighted by atomic mass is 35.5. The number of likely N-dealkylation sites (N-methyl/N-ethyl adjacent to an activating group) is 1. The molecule has 0 fully saturated rings. The van der Waals surface area contributed by atoms with E-state index in [2.05, 4.69) is 10.3 Å². The monoisotopic (exact) mass is 294 g/mol. The second-order valence-electron chi connectivity index (χ2n) is 4.42. The lowest BCUT2D eigenvalue weighted by Crippen LogP contribution is -2.19. The summed E-state index contributed by atoms with van der Waals surface area (Å²) in [6.45, 7) is 0. The maximum Gasteiger partial charge on any atom is 0.212 e. The van der Waals surface area contributed by atoms with Gasteiger partial charge in [-0.25, -0.2) is 9.37 Å². The van der Waals surface area contributed by atoms with Crippen LogP contribution in [0.4, 0.5) is 4.39 Å². The van der Waals surface area contributed by atoms with E-state index in [0.29, 0.717) is 17.3 Å². The number of methoxy groups -OCH3 is 1. The van der Waals surface area contributed by atoms with Crippen molar-refractivity contribution in [2.24, 2.45) is 0 Å². The predicted octanol–water partition coefficient (Wildman–Crippen LogP) is 3.39. The summed E-state index contributed by atoms with van der Waals surface area (Å²) in [6.07, 6.45) is 2.41. The fraction of sp³-hybridized carbons (Fsp3) is 0.267. The molecule has 1 unspecified atom stereocenters. The van der Waals surface area contributed by atoms with Crippen LogP contribution in [0, 0.1) is 5.82 Å². The van der Waals surface area contributed by atoms with Crippen molar-refractivity contribution in [2.75, 3.05) is 14.2 Å². The Bertz CT molecular complexity index is 575. The third-order valence-electron chi connectivity index (χ3n) is 3.13. The molecule has 5 heteroatoms. The van der Waals surface area contributed by atoms with Gasteiger partial charge in [-0.3, -0.25) is 0 Å².